The summed E-state index contributed by atoms with van der Waals surface area (Å²) >= 11 is 0. The third kappa shape index (κ3) is 71.1. The maximum absolute atomic E-state index is 12.9. The van der Waals surface area contributed by atoms with Crippen molar-refractivity contribution in [3.63, 3.8) is 0 Å². The molecular formula is C77H132O16P2. The van der Waals surface area contributed by atoms with Gasteiger partial charge in [-0.05, 0) is 128 Å². The lowest BCUT2D eigenvalue weighted by Crippen LogP contribution is -2.30. The minimum Gasteiger partial charge on any atom is -0.463 e. The van der Waals surface area contributed by atoms with Gasteiger partial charge in [0.25, 0.3) is 0 Å². The summed E-state index contributed by atoms with van der Waals surface area (Å²) in [4.78, 5) is 58.4. The van der Waals surface area contributed by atoms with Crippen molar-refractivity contribution >= 4 is 33.6 Å². The monoisotopic (exact) mass is 1370 g/mol. The Balaban J connectivity index is 4.49. The molecule has 0 aliphatic carbocycles. The predicted molar refractivity (Wildman–Crippen MR) is 390 cm³/mol. The fourth-order valence-electron chi connectivity index (χ4n) is 9.58. The molecule has 0 bridgehead atoms. The first-order valence-corrected chi connectivity index (χ1v) is 39.8. The van der Waals surface area contributed by atoms with Crippen molar-refractivity contribution in [3.8, 4) is 0 Å². The quantitative estimate of drug-likeness (QED) is 0.0146. The van der Waals surface area contributed by atoms with Crippen molar-refractivity contribution in [2.75, 3.05) is 39.6 Å². The highest BCUT2D eigenvalue weighted by molar-refractivity contribution is 7.47. The molecular weight excluding hydrogens is 1240 g/mol. The number of phosphoric ester groups is 2. The van der Waals surface area contributed by atoms with E-state index in [1.807, 2.05) is 0 Å². The second-order valence-electron chi connectivity index (χ2n) is 24.3. The van der Waals surface area contributed by atoms with Crippen LogP contribution in [-0.2, 0) is 55.8 Å². The number of carbonyl (C=O) groups excluding carboxylic acids is 3. The second-order valence-corrected chi connectivity index (χ2v) is 27.2. The maximum atomic E-state index is 12.9. The zero-order valence-electron chi connectivity index (χ0n) is 59.3. The second kappa shape index (κ2) is 69.8. The molecule has 0 aromatic heterocycles. The van der Waals surface area contributed by atoms with Gasteiger partial charge in [0.2, 0.25) is 0 Å². The molecule has 5 unspecified atom stereocenters. The number of aliphatic hydroxyl groups is 2. The number of phosphoric acid groups is 2. The Bertz CT molecular complexity index is 2210. The van der Waals surface area contributed by atoms with Crippen LogP contribution in [0.4, 0.5) is 0 Å². The Labute approximate surface area is 576 Å². The number of allylic oxidation sites excluding steroid dienone is 20. The fourth-order valence-corrected chi connectivity index (χ4v) is 11.2. The van der Waals surface area contributed by atoms with Gasteiger partial charge in [0.05, 0.1) is 26.4 Å². The number of aliphatic hydroxyl groups excluding tert-OH is 2. The highest BCUT2D eigenvalue weighted by Gasteiger charge is 2.29. The van der Waals surface area contributed by atoms with Crippen molar-refractivity contribution in [3.05, 3.63) is 122 Å². The smallest absolute Gasteiger partial charge is 0.463 e. The minimum atomic E-state index is -4.93. The number of unbranched alkanes of at least 4 members (excludes halogenated alkanes) is 26. The number of hydrogen-bond acceptors (Lipinski definition) is 14. The molecule has 18 heteroatoms. The lowest BCUT2D eigenvalue weighted by Gasteiger charge is -2.21. The molecule has 0 spiro atoms. The van der Waals surface area contributed by atoms with Crippen LogP contribution < -0.4 is 0 Å². The van der Waals surface area contributed by atoms with Crippen molar-refractivity contribution < 1.29 is 75.8 Å². The number of esters is 3. The van der Waals surface area contributed by atoms with Gasteiger partial charge in [-0.1, -0.05) is 264 Å². The van der Waals surface area contributed by atoms with Crippen molar-refractivity contribution in [1.82, 2.24) is 0 Å². The van der Waals surface area contributed by atoms with Crippen LogP contribution in [-0.4, -0.2) is 95.9 Å². The van der Waals surface area contributed by atoms with Crippen LogP contribution in [0.2, 0.25) is 0 Å². The molecule has 0 fully saturated rings. The van der Waals surface area contributed by atoms with E-state index in [0.29, 0.717) is 19.3 Å². The summed E-state index contributed by atoms with van der Waals surface area (Å²) in [6.45, 7) is 2.39. The molecule has 4 N–H and O–H groups in total. The summed E-state index contributed by atoms with van der Waals surface area (Å²) in [7, 11) is -9.79. The highest BCUT2D eigenvalue weighted by atomic mass is 31.2. The molecule has 0 heterocycles. The topological polar surface area (TPSA) is 231 Å². The number of hydrogen-bond donors (Lipinski definition) is 4. The average molecular weight is 1380 g/mol. The zero-order valence-corrected chi connectivity index (χ0v) is 61.1. The van der Waals surface area contributed by atoms with Gasteiger partial charge in [0.15, 0.2) is 6.10 Å². The Morgan fingerprint density at radius 3 is 0.884 bits per heavy atom. The predicted octanol–water partition coefficient (Wildman–Crippen LogP) is 21.0. The molecule has 0 rings (SSSR count). The molecule has 0 saturated carbocycles. The number of carbonyl (C=O) groups is 3. The number of rotatable bonds is 69. The normalized spacial score (nSPS) is 14.8. The van der Waals surface area contributed by atoms with Crippen LogP contribution in [0.25, 0.3) is 0 Å². The SMILES string of the molecule is CC/C=C\C/C=C\C/C=C\C/C=C\C/C=C\CCCCCCCCCCCCCCCC(=O)OCC(O)COP(=O)(O)OCC(O)COP(=O)(O)OCC(COC(=O)CCCCCCC/C=C\C/C=C\C/C=C\CC)OC(=O)CCCCCCC/C=C\C/C=C\CCCCC. The maximum Gasteiger partial charge on any atom is 0.472 e. The Hall–Kier alpha value is -4.05. The average Bonchev–Trinajstić information content (AvgIpc) is 1.83. The third-order valence-electron chi connectivity index (χ3n) is 15.2. The van der Waals surface area contributed by atoms with E-state index in [-0.39, 0.29) is 19.3 Å². The summed E-state index contributed by atoms with van der Waals surface area (Å²) in [5.74, 6) is -1.61. The molecule has 0 saturated heterocycles. The van der Waals surface area contributed by atoms with Gasteiger partial charge in [0, 0.05) is 19.3 Å². The van der Waals surface area contributed by atoms with Crippen LogP contribution in [0.5, 0.6) is 0 Å². The van der Waals surface area contributed by atoms with Crippen molar-refractivity contribution in [2.24, 2.45) is 0 Å². The first kappa shape index (κ1) is 91.0. The summed E-state index contributed by atoms with van der Waals surface area (Å²) in [5, 5.41) is 20.6. The summed E-state index contributed by atoms with van der Waals surface area (Å²) in [6, 6.07) is 0. The molecule has 0 aromatic carbocycles. The van der Waals surface area contributed by atoms with E-state index >= 15 is 0 Å². The number of ether oxygens (including phenoxy) is 3. The van der Waals surface area contributed by atoms with E-state index < -0.39 is 91.5 Å². The molecule has 16 nitrogen and oxygen atoms in total. The van der Waals surface area contributed by atoms with Gasteiger partial charge in [-0.2, -0.15) is 0 Å². The van der Waals surface area contributed by atoms with Gasteiger partial charge in [-0.25, -0.2) is 9.13 Å². The standard InChI is InChI=1S/C77H132O16P2/c1-4-7-10-13-16-19-22-25-28-29-30-31-32-33-34-35-36-37-38-39-40-41-44-46-48-51-54-57-60-63-75(80)87-66-72(78)67-89-94(83,84)90-68-73(79)69-91-95(85,86)92-71-74(93-77(82)65-62-59-56-53-50-47-43-27-24-21-18-15-12-9-6-3)70-88-76(81)64-61-58-55-52-49-45-42-26-23-20-17-14-11-8-5-2/h7-8,10-11,16-21,25-28,30-31,33-34,42-43,72-74,78-79H,4-6,9,12-15,22-24,29,32,35-41,44-71H2,1-3H3,(H,83,84)(H,85,86)/b10-7-,11-8-,19-16-,20-17-,21-18-,28-25-,31-30-,34-33-,42-26-,43-27-. The van der Waals surface area contributed by atoms with Crippen molar-refractivity contribution in [1.29, 1.82) is 0 Å². The molecule has 0 aromatic rings. The van der Waals surface area contributed by atoms with E-state index in [9.17, 15) is 43.5 Å². The van der Waals surface area contributed by atoms with Crippen LogP contribution in [0, 0.1) is 0 Å². The zero-order chi connectivity index (χ0) is 69.5. The summed E-state index contributed by atoms with van der Waals surface area (Å²) in [5.41, 5.74) is 0. The Kier molecular flexibility index (Phi) is 66.9. The third-order valence-corrected chi connectivity index (χ3v) is 17.1. The molecule has 0 aliphatic heterocycles. The first-order chi connectivity index (χ1) is 46.2. The van der Waals surface area contributed by atoms with Gasteiger partial charge < -0.3 is 34.2 Å². The van der Waals surface area contributed by atoms with Crippen LogP contribution >= 0.6 is 15.6 Å². The van der Waals surface area contributed by atoms with Gasteiger partial charge >= 0.3 is 33.6 Å². The lowest BCUT2D eigenvalue weighted by molar-refractivity contribution is -0.161. The van der Waals surface area contributed by atoms with Gasteiger partial charge in [-0.3, -0.25) is 32.5 Å². The van der Waals surface area contributed by atoms with Crippen molar-refractivity contribution in [2.45, 2.75) is 309 Å². The molecule has 95 heavy (non-hydrogen) atoms. The van der Waals surface area contributed by atoms with Crippen LogP contribution in [0.3, 0.4) is 0 Å². The van der Waals surface area contributed by atoms with Gasteiger partial charge in [0.1, 0.15) is 25.4 Å². The minimum absolute atomic E-state index is 0.0832. The largest absolute Gasteiger partial charge is 0.472 e. The highest BCUT2D eigenvalue weighted by Crippen LogP contribution is 2.45. The Morgan fingerprint density at radius 1 is 0.305 bits per heavy atom. The molecule has 0 aliphatic rings. The fraction of sp³-hybridized carbons (Fsp3) is 0.701. The van der Waals surface area contributed by atoms with E-state index in [2.05, 4.69) is 142 Å². The van der Waals surface area contributed by atoms with Crippen LogP contribution in [0.15, 0.2) is 122 Å². The van der Waals surface area contributed by atoms with E-state index in [1.54, 1.807) is 0 Å². The molecule has 0 amide bonds. The van der Waals surface area contributed by atoms with E-state index in [0.717, 1.165) is 154 Å². The van der Waals surface area contributed by atoms with E-state index in [1.165, 1.54) is 77.0 Å². The molecule has 546 valence electrons. The van der Waals surface area contributed by atoms with E-state index in [4.69, 9.17) is 32.3 Å². The van der Waals surface area contributed by atoms with Gasteiger partial charge in [-0.15, -0.1) is 0 Å². The first-order valence-electron chi connectivity index (χ1n) is 36.8. The van der Waals surface area contributed by atoms with Crippen LogP contribution in [0.1, 0.15) is 290 Å². The summed E-state index contributed by atoms with van der Waals surface area (Å²) in [6.07, 6.45) is 81.1. The molecule has 5 atom stereocenters. The Morgan fingerprint density at radius 2 is 0.558 bits per heavy atom. The molecule has 0 radical (unpaired) electrons. The lowest BCUT2D eigenvalue weighted by atomic mass is 10.0. The summed E-state index contributed by atoms with van der Waals surface area (Å²) < 4.78 is 60.9.